The summed E-state index contributed by atoms with van der Waals surface area (Å²) in [6.07, 6.45) is 4.07. The standard InChI is InChI=1S/C15H18N2O3S3/c1-20-14(19)12-9-4-2-3-5-10(9)23-13(12)17-11(18)8-22-15-16-6-7-21-15/h2-8H2,1H3,(H,17,18). The minimum atomic E-state index is -0.358. The molecule has 124 valence electrons. The van der Waals surface area contributed by atoms with Gasteiger partial charge in [-0.3, -0.25) is 9.79 Å². The number of anilines is 1. The van der Waals surface area contributed by atoms with Crippen molar-refractivity contribution in [2.75, 3.05) is 30.5 Å². The third-order valence-electron chi connectivity index (χ3n) is 3.70. The molecule has 1 amide bonds. The number of aryl methyl sites for hydroxylation is 1. The maximum absolute atomic E-state index is 12.2. The van der Waals surface area contributed by atoms with Gasteiger partial charge in [0.15, 0.2) is 0 Å². The fourth-order valence-corrected chi connectivity index (χ4v) is 5.77. The van der Waals surface area contributed by atoms with Crippen molar-refractivity contribution in [1.29, 1.82) is 0 Å². The molecule has 0 saturated heterocycles. The van der Waals surface area contributed by atoms with Crippen molar-refractivity contribution in [1.82, 2.24) is 0 Å². The summed E-state index contributed by atoms with van der Waals surface area (Å²) >= 11 is 4.66. The summed E-state index contributed by atoms with van der Waals surface area (Å²) in [6, 6.07) is 0. The number of thioether (sulfide) groups is 2. The summed E-state index contributed by atoms with van der Waals surface area (Å²) in [6.45, 7) is 0.832. The molecule has 0 bridgehead atoms. The second-order valence-electron chi connectivity index (χ2n) is 5.24. The molecular weight excluding hydrogens is 352 g/mol. The quantitative estimate of drug-likeness (QED) is 0.825. The Labute approximate surface area is 147 Å². The Morgan fingerprint density at radius 1 is 1.35 bits per heavy atom. The Morgan fingerprint density at radius 2 is 2.17 bits per heavy atom. The maximum atomic E-state index is 12.2. The fraction of sp³-hybridized carbons (Fsp3) is 0.533. The first-order valence-electron chi connectivity index (χ1n) is 7.51. The number of ether oxygens (including phenoxy) is 1. The molecule has 1 aliphatic heterocycles. The zero-order chi connectivity index (χ0) is 16.2. The van der Waals surface area contributed by atoms with E-state index in [0.29, 0.717) is 16.3 Å². The SMILES string of the molecule is COC(=O)c1c(NC(=O)CSC2=NCCS2)sc2c1CCCC2. The number of fused-ring (bicyclic) bond motifs is 1. The van der Waals surface area contributed by atoms with E-state index in [4.69, 9.17) is 4.74 Å². The van der Waals surface area contributed by atoms with Crippen LogP contribution >= 0.6 is 34.9 Å². The fourth-order valence-electron chi connectivity index (χ4n) is 2.66. The zero-order valence-electron chi connectivity index (χ0n) is 12.8. The van der Waals surface area contributed by atoms with Crippen LogP contribution < -0.4 is 5.32 Å². The molecule has 8 heteroatoms. The van der Waals surface area contributed by atoms with E-state index in [1.54, 1.807) is 11.8 Å². The predicted molar refractivity (Wildman–Crippen MR) is 98.1 cm³/mol. The lowest BCUT2D eigenvalue weighted by atomic mass is 9.95. The van der Waals surface area contributed by atoms with Crippen LogP contribution in [0, 0.1) is 0 Å². The summed E-state index contributed by atoms with van der Waals surface area (Å²) in [4.78, 5) is 29.8. The smallest absolute Gasteiger partial charge is 0.341 e. The second-order valence-corrected chi connectivity index (χ2v) is 8.65. The van der Waals surface area contributed by atoms with Gasteiger partial charge in [-0.25, -0.2) is 4.79 Å². The van der Waals surface area contributed by atoms with Gasteiger partial charge in [0.05, 0.1) is 25.0 Å². The highest BCUT2D eigenvalue weighted by atomic mass is 32.2. The van der Waals surface area contributed by atoms with E-state index in [9.17, 15) is 9.59 Å². The molecule has 0 atom stereocenters. The minimum absolute atomic E-state index is 0.103. The summed E-state index contributed by atoms with van der Waals surface area (Å²) < 4.78 is 5.88. The van der Waals surface area contributed by atoms with E-state index in [-0.39, 0.29) is 11.9 Å². The third-order valence-corrected chi connectivity index (χ3v) is 7.16. The van der Waals surface area contributed by atoms with Gasteiger partial charge in [-0.2, -0.15) is 0 Å². The Morgan fingerprint density at radius 3 is 2.91 bits per heavy atom. The molecule has 1 aromatic heterocycles. The van der Waals surface area contributed by atoms with E-state index in [0.717, 1.165) is 47.9 Å². The van der Waals surface area contributed by atoms with Gasteiger partial charge in [0.2, 0.25) is 5.91 Å². The van der Waals surface area contributed by atoms with Gasteiger partial charge in [0.1, 0.15) is 9.38 Å². The van der Waals surface area contributed by atoms with Crippen molar-refractivity contribution in [3.05, 3.63) is 16.0 Å². The highest BCUT2D eigenvalue weighted by Gasteiger charge is 2.27. The number of hydrogen-bond acceptors (Lipinski definition) is 7. The highest BCUT2D eigenvalue weighted by molar-refractivity contribution is 8.39. The molecule has 23 heavy (non-hydrogen) atoms. The van der Waals surface area contributed by atoms with Crippen LogP contribution in [-0.2, 0) is 22.4 Å². The monoisotopic (exact) mass is 370 g/mol. The Hall–Kier alpha value is -0.990. The summed E-state index contributed by atoms with van der Waals surface area (Å²) in [7, 11) is 1.38. The first-order chi connectivity index (χ1) is 11.2. The Balaban J connectivity index is 1.72. The van der Waals surface area contributed by atoms with Crippen LogP contribution in [0.5, 0.6) is 0 Å². The zero-order valence-corrected chi connectivity index (χ0v) is 15.3. The average Bonchev–Trinajstić information content (AvgIpc) is 3.19. The summed E-state index contributed by atoms with van der Waals surface area (Å²) in [5.74, 6) is 0.848. The molecule has 1 aromatic rings. The van der Waals surface area contributed by atoms with Crippen LogP contribution in [0.15, 0.2) is 4.99 Å². The summed E-state index contributed by atoms with van der Waals surface area (Å²) in [5.41, 5.74) is 1.62. The van der Waals surface area contributed by atoms with Crippen LogP contribution in [0.3, 0.4) is 0 Å². The second kappa shape index (κ2) is 7.72. The molecule has 0 spiro atoms. The third kappa shape index (κ3) is 3.92. The molecule has 1 aliphatic carbocycles. The molecule has 0 fully saturated rings. The number of hydrogen-bond donors (Lipinski definition) is 1. The molecular formula is C15H18N2O3S3. The van der Waals surface area contributed by atoms with Gasteiger partial charge in [-0.1, -0.05) is 23.5 Å². The van der Waals surface area contributed by atoms with Crippen molar-refractivity contribution in [2.45, 2.75) is 25.7 Å². The largest absolute Gasteiger partial charge is 0.465 e. The normalized spacial score (nSPS) is 16.7. The van der Waals surface area contributed by atoms with Crippen LogP contribution in [0.25, 0.3) is 0 Å². The van der Waals surface area contributed by atoms with Gasteiger partial charge in [0.25, 0.3) is 0 Å². The number of aliphatic imine (C=N–C) groups is 1. The van der Waals surface area contributed by atoms with E-state index >= 15 is 0 Å². The Bertz CT molecular complexity index is 655. The number of nitrogens with one attached hydrogen (secondary N) is 1. The lowest BCUT2D eigenvalue weighted by Gasteiger charge is -2.11. The summed E-state index contributed by atoms with van der Waals surface area (Å²) in [5, 5.41) is 3.54. The van der Waals surface area contributed by atoms with Crippen molar-refractivity contribution in [2.24, 2.45) is 4.99 Å². The van der Waals surface area contributed by atoms with E-state index in [1.165, 1.54) is 35.1 Å². The minimum Gasteiger partial charge on any atom is -0.465 e. The van der Waals surface area contributed by atoms with E-state index in [2.05, 4.69) is 10.3 Å². The number of esters is 1. The number of rotatable bonds is 4. The molecule has 0 aromatic carbocycles. The van der Waals surface area contributed by atoms with Crippen molar-refractivity contribution in [3.63, 3.8) is 0 Å². The highest BCUT2D eigenvalue weighted by Crippen LogP contribution is 2.38. The molecule has 1 N–H and O–H groups in total. The number of thiophene rings is 1. The molecule has 2 aliphatic rings. The van der Waals surface area contributed by atoms with E-state index < -0.39 is 0 Å². The average molecular weight is 371 g/mol. The number of amides is 1. The molecule has 5 nitrogen and oxygen atoms in total. The van der Waals surface area contributed by atoms with Gasteiger partial charge < -0.3 is 10.1 Å². The molecule has 0 radical (unpaired) electrons. The first-order valence-corrected chi connectivity index (χ1v) is 10.3. The van der Waals surface area contributed by atoms with Crippen LogP contribution in [0.4, 0.5) is 5.00 Å². The number of carbonyl (C=O) groups is 2. The Kier molecular flexibility index (Phi) is 5.66. The molecule has 3 rings (SSSR count). The molecule has 0 unspecified atom stereocenters. The number of carbonyl (C=O) groups excluding carboxylic acids is 2. The topological polar surface area (TPSA) is 67.8 Å². The van der Waals surface area contributed by atoms with Crippen LogP contribution in [0.2, 0.25) is 0 Å². The number of methoxy groups -OCH3 is 1. The van der Waals surface area contributed by atoms with Crippen molar-refractivity contribution >= 4 is 56.1 Å². The first kappa shape index (κ1) is 16.9. The van der Waals surface area contributed by atoms with E-state index in [1.807, 2.05) is 0 Å². The van der Waals surface area contributed by atoms with Crippen LogP contribution in [0.1, 0.15) is 33.6 Å². The number of nitrogens with zero attached hydrogens (tertiary/aromatic N) is 1. The van der Waals surface area contributed by atoms with Gasteiger partial charge in [0, 0.05) is 10.6 Å². The van der Waals surface area contributed by atoms with Crippen molar-refractivity contribution < 1.29 is 14.3 Å². The van der Waals surface area contributed by atoms with Gasteiger partial charge in [-0.05, 0) is 31.2 Å². The maximum Gasteiger partial charge on any atom is 0.341 e. The molecule has 2 heterocycles. The lowest BCUT2D eigenvalue weighted by molar-refractivity contribution is -0.113. The van der Waals surface area contributed by atoms with Gasteiger partial charge >= 0.3 is 5.97 Å². The predicted octanol–water partition coefficient (Wildman–Crippen LogP) is 3.19. The van der Waals surface area contributed by atoms with Crippen molar-refractivity contribution in [3.8, 4) is 0 Å². The van der Waals surface area contributed by atoms with Gasteiger partial charge in [-0.15, -0.1) is 11.3 Å². The lowest BCUT2D eigenvalue weighted by Crippen LogP contribution is -2.17. The molecule has 0 saturated carbocycles. The van der Waals surface area contributed by atoms with Crippen LogP contribution in [-0.4, -0.2) is 41.4 Å².